The Labute approximate surface area is 99.6 Å². The van der Waals surface area contributed by atoms with Crippen LogP contribution in [-0.2, 0) is 0 Å². The zero-order valence-corrected chi connectivity index (χ0v) is 11.2. The zero-order chi connectivity index (χ0) is 11.7. The molecule has 0 aliphatic heterocycles. The van der Waals surface area contributed by atoms with Gasteiger partial charge < -0.3 is 5.11 Å². The SMILES string of the molecule is CC(C)[C@@H]1CC[C@@]2(C)[C@@H]3CC[C@@]2(C)[C@H](O)[C@@H]31. The highest BCUT2D eigenvalue weighted by atomic mass is 16.3. The molecular formula is C15H26O. The van der Waals surface area contributed by atoms with E-state index in [1.807, 2.05) is 0 Å². The van der Waals surface area contributed by atoms with Crippen molar-refractivity contribution in [3.05, 3.63) is 0 Å². The van der Waals surface area contributed by atoms with Gasteiger partial charge in [-0.3, -0.25) is 0 Å². The van der Waals surface area contributed by atoms with Crippen LogP contribution in [0, 0.1) is 34.5 Å². The van der Waals surface area contributed by atoms with Crippen LogP contribution in [0.25, 0.3) is 0 Å². The maximum absolute atomic E-state index is 10.7. The smallest absolute Gasteiger partial charge is 0.0632 e. The Balaban J connectivity index is 2.03. The summed E-state index contributed by atoms with van der Waals surface area (Å²) in [5.41, 5.74) is 0.675. The van der Waals surface area contributed by atoms with E-state index in [-0.39, 0.29) is 11.5 Å². The summed E-state index contributed by atoms with van der Waals surface area (Å²) in [6.07, 6.45) is 5.31. The molecule has 3 aliphatic rings. The molecule has 0 aromatic carbocycles. The predicted molar refractivity (Wildman–Crippen MR) is 66.0 cm³/mol. The van der Waals surface area contributed by atoms with E-state index in [1.54, 1.807) is 0 Å². The first kappa shape index (κ1) is 11.1. The number of rotatable bonds is 1. The van der Waals surface area contributed by atoms with Crippen LogP contribution in [0.3, 0.4) is 0 Å². The van der Waals surface area contributed by atoms with E-state index in [9.17, 15) is 5.11 Å². The summed E-state index contributed by atoms with van der Waals surface area (Å²) >= 11 is 0. The van der Waals surface area contributed by atoms with E-state index >= 15 is 0 Å². The molecule has 0 radical (unpaired) electrons. The fourth-order valence-electron chi connectivity index (χ4n) is 5.67. The Bertz CT molecular complexity index is 309. The standard InChI is InChI=1S/C15H26O/c1-9(2)10-5-7-14(3)11-6-8-15(14,4)13(16)12(10)11/h9-13,16H,5-8H2,1-4H3/t10-,11+,12+,13+,14-,15-/m0/s1. The Morgan fingerprint density at radius 2 is 1.69 bits per heavy atom. The van der Waals surface area contributed by atoms with Gasteiger partial charge in [-0.05, 0) is 60.2 Å². The van der Waals surface area contributed by atoms with Crippen molar-refractivity contribution >= 4 is 0 Å². The minimum atomic E-state index is -0.0221. The number of hydrogen-bond acceptors (Lipinski definition) is 1. The van der Waals surface area contributed by atoms with Gasteiger partial charge >= 0.3 is 0 Å². The van der Waals surface area contributed by atoms with Crippen LogP contribution in [-0.4, -0.2) is 11.2 Å². The highest BCUT2D eigenvalue weighted by molar-refractivity contribution is 5.19. The quantitative estimate of drug-likeness (QED) is 0.720. The molecule has 4 bridgehead atoms. The molecular weight excluding hydrogens is 196 g/mol. The molecule has 3 rings (SSSR count). The van der Waals surface area contributed by atoms with Crippen LogP contribution in [0.1, 0.15) is 53.4 Å². The summed E-state index contributed by atoms with van der Waals surface area (Å²) in [5, 5.41) is 10.7. The van der Waals surface area contributed by atoms with E-state index in [0.29, 0.717) is 11.3 Å². The number of aliphatic hydroxyl groups is 1. The molecule has 0 spiro atoms. The summed E-state index contributed by atoms with van der Waals surface area (Å²) in [5.74, 6) is 2.94. The lowest BCUT2D eigenvalue weighted by Gasteiger charge is -2.43. The normalized spacial score (nSPS) is 59.6. The average Bonchev–Trinajstić information content (AvgIpc) is 2.53. The van der Waals surface area contributed by atoms with Crippen LogP contribution < -0.4 is 0 Å². The molecule has 0 amide bonds. The van der Waals surface area contributed by atoms with E-state index in [0.717, 1.165) is 17.8 Å². The summed E-state index contributed by atoms with van der Waals surface area (Å²) in [7, 11) is 0. The second-order valence-electron chi connectivity index (χ2n) is 7.45. The van der Waals surface area contributed by atoms with Gasteiger partial charge in [0.15, 0.2) is 0 Å². The monoisotopic (exact) mass is 222 g/mol. The maximum atomic E-state index is 10.7. The van der Waals surface area contributed by atoms with E-state index in [2.05, 4.69) is 27.7 Å². The Morgan fingerprint density at radius 1 is 1.06 bits per heavy atom. The maximum Gasteiger partial charge on any atom is 0.0632 e. The third kappa shape index (κ3) is 0.978. The second-order valence-corrected chi connectivity index (χ2v) is 7.45. The van der Waals surface area contributed by atoms with Gasteiger partial charge in [-0.25, -0.2) is 0 Å². The van der Waals surface area contributed by atoms with Crippen molar-refractivity contribution in [1.29, 1.82) is 0 Å². The topological polar surface area (TPSA) is 20.2 Å². The molecule has 3 fully saturated rings. The van der Waals surface area contributed by atoms with Gasteiger partial charge in [-0.2, -0.15) is 0 Å². The first-order chi connectivity index (χ1) is 7.42. The van der Waals surface area contributed by atoms with Crippen molar-refractivity contribution in [2.24, 2.45) is 34.5 Å². The van der Waals surface area contributed by atoms with Crippen LogP contribution in [0.5, 0.6) is 0 Å². The van der Waals surface area contributed by atoms with Crippen LogP contribution >= 0.6 is 0 Å². The second kappa shape index (κ2) is 3.04. The fourth-order valence-corrected chi connectivity index (χ4v) is 5.67. The molecule has 16 heavy (non-hydrogen) atoms. The lowest BCUT2D eigenvalue weighted by Crippen LogP contribution is -2.39. The fraction of sp³-hybridized carbons (Fsp3) is 1.00. The van der Waals surface area contributed by atoms with Gasteiger partial charge in [0.25, 0.3) is 0 Å². The Morgan fingerprint density at radius 3 is 2.31 bits per heavy atom. The third-order valence-corrected chi connectivity index (χ3v) is 6.93. The molecule has 0 saturated heterocycles. The largest absolute Gasteiger partial charge is 0.392 e. The van der Waals surface area contributed by atoms with Crippen molar-refractivity contribution < 1.29 is 5.11 Å². The van der Waals surface area contributed by atoms with Crippen molar-refractivity contribution in [3.8, 4) is 0 Å². The molecule has 0 aromatic rings. The molecule has 0 unspecified atom stereocenters. The van der Waals surface area contributed by atoms with Crippen molar-refractivity contribution in [1.82, 2.24) is 0 Å². The highest BCUT2D eigenvalue weighted by Gasteiger charge is 2.70. The van der Waals surface area contributed by atoms with E-state index in [1.165, 1.54) is 25.7 Å². The predicted octanol–water partition coefficient (Wildman–Crippen LogP) is 3.47. The van der Waals surface area contributed by atoms with Crippen molar-refractivity contribution in [3.63, 3.8) is 0 Å². The van der Waals surface area contributed by atoms with Gasteiger partial charge in [0, 0.05) is 0 Å². The van der Waals surface area contributed by atoms with Gasteiger partial charge in [-0.1, -0.05) is 27.7 Å². The molecule has 1 N–H and O–H groups in total. The first-order valence-corrected chi connectivity index (χ1v) is 7.10. The lowest BCUT2D eigenvalue weighted by atomic mass is 9.61. The average molecular weight is 222 g/mol. The summed E-state index contributed by atoms with van der Waals surface area (Å²) in [6.45, 7) is 9.51. The van der Waals surface area contributed by atoms with Crippen LogP contribution in [0.4, 0.5) is 0 Å². The third-order valence-electron chi connectivity index (χ3n) is 6.93. The molecule has 6 atom stereocenters. The van der Waals surface area contributed by atoms with E-state index < -0.39 is 0 Å². The molecule has 1 nitrogen and oxygen atoms in total. The molecule has 92 valence electrons. The van der Waals surface area contributed by atoms with Crippen molar-refractivity contribution in [2.45, 2.75) is 59.5 Å². The molecule has 0 heterocycles. The minimum absolute atomic E-state index is 0.0221. The summed E-state index contributed by atoms with van der Waals surface area (Å²) < 4.78 is 0. The van der Waals surface area contributed by atoms with Crippen molar-refractivity contribution in [2.75, 3.05) is 0 Å². The summed E-state index contributed by atoms with van der Waals surface area (Å²) in [6, 6.07) is 0. The van der Waals surface area contributed by atoms with Gasteiger partial charge in [0.05, 0.1) is 6.10 Å². The van der Waals surface area contributed by atoms with Crippen LogP contribution in [0.15, 0.2) is 0 Å². The summed E-state index contributed by atoms with van der Waals surface area (Å²) in [4.78, 5) is 0. The lowest BCUT2D eigenvalue weighted by molar-refractivity contribution is -0.0215. The zero-order valence-electron chi connectivity index (χ0n) is 11.2. The van der Waals surface area contributed by atoms with Crippen LogP contribution in [0.2, 0.25) is 0 Å². The first-order valence-electron chi connectivity index (χ1n) is 7.10. The van der Waals surface area contributed by atoms with Gasteiger partial charge in [-0.15, -0.1) is 0 Å². The molecule has 1 heteroatoms. The Kier molecular flexibility index (Phi) is 2.11. The molecule has 3 saturated carbocycles. The highest BCUT2D eigenvalue weighted by Crippen LogP contribution is 2.74. The van der Waals surface area contributed by atoms with Gasteiger partial charge in [0.2, 0.25) is 0 Å². The number of aliphatic hydroxyl groups excluding tert-OH is 1. The van der Waals surface area contributed by atoms with Gasteiger partial charge in [0.1, 0.15) is 0 Å². The Hall–Kier alpha value is -0.0400. The van der Waals surface area contributed by atoms with E-state index in [4.69, 9.17) is 0 Å². The number of hydrogen-bond donors (Lipinski definition) is 1. The molecule has 3 aliphatic carbocycles. The molecule has 0 aromatic heterocycles. The minimum Gasteiger partial charge on any atom is -0.392 e.